The van der Waals surface area contributed by atoms with Crippen LogP contribution in [-0.4, -0.2) is 34.7 Å². The van der Waals surface area contributed by atoms with Gasteiger partial charge in [-0.2, -0.15) is 0 Å². The standard InChI is InChI=1S/C15H17ClN4O3/c1-10(8-20-6-5-17-9-20)18-15(22)19-13-7-11(14(21)23-2)3-4-12(13)16/h3-7,9-10H,8H2,1-2H3,(H2,18,19,22)/t10-/m1/s1. The third-order valence-corrected chi connectivity index (χ3v) is 3.39. The number of ether oxygens (including phenoxy) is 1. The zero-order valence-electron chi connectivity index (χ0n) is 12.7. The quantitative estimate of drug-likeness (QED) is 0.822. The molecule has 0 unspecified atom stereocenters. The van der Waals surface area contributed by atoms with Gasteiger partial charge in [0.15, 0.2) is 0 Å². The number of anilines is 1. The van der Waals surface area contributed by atoms with Crippen LogP contribution in [0.2, 0.25) is 5.02 Å². The molecule has 2 aromatic rings. The van der Waals surface area contributed by atoms with Gasteiger partial charge in [-0.05, 0) is 25.1 Å². The first-order valence-corrected chi connectivity index (χ1v) is 7.28. The molecule has 0 radical (unpaired) electrons. The largest absolute Gasteiger partial charge is 0.465 e. The maximum absolute atomic E-state index is 12.0. The first-order chi connectivity index (χ1) is 11.0. The first kappa shape index (κ1) is 16.8. The fourth-order valence-electron chi connectivity index (χ4n) is 2.00. The molecule has 0 saturated carbocycles. The first-order valence-electron chi connectivity index (χ1n) is 6.90. The van der Waals surface area contributed by atoms with Crippen molar-refractivity contribution in [2.45, 2.75) is 19.5 Å². The highest BCUT2D eigenvalue weighted by atomic mass is 35.5. The van der Waals surface area contributed by atoms with Crippen molar-refractivity contribution in [1.29, 1.82) is 0 Å². The molecular formula is C15H17ClN4O3. The maximum atomic E-state index is 12.0. The van der Waals surface area contributed by atoms with Gasteiger partial charge in [0.05, 0.1) is 29.7 Å². The van der Waals surface area contributed by atoms with Gasteiger partial charge in [-0.1, -0.05) is 11.6 Å². The minimum absolute atomic E-state index is 0.119. The van der Waals surface area contributed by atoms with E-state index in [1.165, 1.54) is 25.3 Å². The number of hydrogen-bond donors (Lipinski definition) is 2. The highest BCUT2D eigenvalue weighted by Gasteiger charge is 2.13. The Bertz CT molecular complexity index is 688. The zero-order valence-corrected chi connectivity index (χ0v) is 13.5. The lowest BCUT2D eigenvalue weighted by atomic mass is 10.2. The number of carbonyl (C=O) groups excluding carboxylic acids is 2. The third-order valence-electron chi connectivity index (χ3n) is 3.06. The number of rotatable bonds is 5. The summed E-state index contributed by atoms with van der Waals surface area (Å²) in [5, 5.41) is 5.74. The summed E-state index contributed by atoms with van der Waals surface area (Å²) in [4.78, 5) is 27.5. The van der Waals surface area contributed by atoms with Crippen LogP contribution in [-0.2, 0) is 11.3 Å². The summed E-state index contributed by atoms with van der Waals surface area (Å²) in [5.41, 5.74) is 0.639. The predicted molar refractivity (Wildman–Crippen MR) is 86.6 cm³/mol. The van der Waals surface area contributed by atoms with Gasteiger partial charge in [0.25, 0.3) is 0 Å². The Morgan fingerprint density at radius 2 is 2.22 bits per heavy atom. The Morgan fingerprint density at radius 1 is 1.43 bits per heavy atom. The minimum Gasteiger partial charge on any atom is -0.465 e. The maximum Gasteiger partial charge on any atom is 0.337 e. The van der Waals surface area contributed by atoms with Crippen LogP contribution in [0.5, 0.6) is 0 Å². The number of nitrogens with zero attached hydrogens (tertiary/aromatic N) is 2. The number of halogens is 1. The molecule has 1 aromatic heterocycles. The van der Waals surface area contributed by atoms with Crippen molar-refractivity contribution < 1.29 is 14.3 Å². The second-order valence-electron chi connectivity index (χ2n) is 4.95. The molecule has 1 heterocycles. The summed E-state index contributed by atoms with van der Waals surface area (Å²) in [7, 11) is 1.29. The molecule has 0 aliphatic rings. The molecule has 1 atom stereocenters. The lowest BCUT2D eigenvalue weighted by molar-refractivity contribution is 0.0600. The Labute approximate surface area is 138 Å². The van der Waals surface area contributed by atoms with E-state index in [4.69, 9.17) is 11.6 Å². The minimum atomic E-state index is -0.501. The van der Waals surface area contributed by atoms with E-state index < -0.39 is 12.0 Å². The van der Waals surface area contributed by atoms with E-state index in [9.17, 15) is 9.59 Å². The van der Waals surface area contributed by atoms with Crippen LogP contribution in [0.1, 0.15) is 17.3 Å². The number of imidazole rings is 1. The number of carbonyl (C=O) groups is 2. The van der Waals surface area contributed by atoms with Gasteiger partial charge >= 0.3 is 12.0 Å². The third kappa shape index (κ3) is 4.72. The molecule has 0 fully saturated rings. The summed E-state index contributed by atoms with van der Waals surface area (Å²) in [6, 6.07) is 3.99. The molecule has 0 spiro atoms. The Balaban J connectivity index is 1.98. The van der Waals surface area contributed by atoms with Crippen molar-refractivity contribution in [3.63, 3.8) is 0 Å². The lowest BCUT2D eigenvalue weighted by Gasteiger charge is -2.16. The second-order valence-corrected chi connectivity index (χ2v) is 5.35. The van der Waals surface area contributed by atoms with Gasteiger partial charge in [-0.3, -0.25) is 0 Å². The number of amides is 2. The van der Waals surface area contributed by atoms with Crippen molar-refractivity contribution in [2.75, 3.05) is 12.4 Å². The smallest absolute Gasteiger partial charge is 0.337 e. The molecule has 2 rings (SSSR count). The Morgan fingerprint density at radius 3 is 2.87 bits per heavy atom. The van der Waals surface area contributed by atoms with E-state index in [0.29, 0.717) is 22.8 Å². The molecule has 0 saturated heterocycles. The van der Waals surface area contributed by atoms with Gasteiger partial charge in [0, 0.05) is 25.0 Å². The van der Waals surface area contributed by atoms with Crippen LogP contribution in [0.3, 0.4) is 0 Å². The molecule has 7 nitrogen and oxygen atoms in total. The lowest BCUT2D eigenvalue weighted by Crippen LogP contribution is -2.38. The molecule has 1 aromatic carbocycles. The van der Waals surface area contributed by atoms with Crippen LogP contribution >= 0.6 is 11.6 Å². The molecule has 0 bridgehead atoms. The predicted octanol–water partition coefficient (Wildman–Crippen LogP) is 2.53. The van der Waals surface area contributed by atoms with Crippen LogP contribution in [0.15, 0.2) is 36.9 Å². The van der Waals surface area contributed by atoms with Gasteiger partial charge in [-0.15, -0.1) is 0 Å². The summed E-state index contributed by atoms with van der Waals surface area (Å²) >= 11 is 6.03. The average molecular weight is 337 g/mol. The van der Waals surface area contributed by atoms with Crippen LogP contribution in [0.4, 0.5) is 10.5 Å². The molecule has 23 heavy (non-hydrogen) atoms. The van der Waals surface area contributed by atoms with Crippen molar-refractivity contribution in [3.8, 4) is 0 Å². The molecular weight excluding hydrogens is 320 g/mol. The summed E-state index contributed by atoms with van der Waals surface area (Å²) in [6.07, 6.45) is 5.16. The van der Waals surface area contributed by atoms with E-state index in [2.05, 4.69) is 20.4 Å². The van der Waals surface area contributed by atoms with Crippen LogP contribution in [0.25, 0.3) is 0 Å². The number of aromatic nitrogens is 2. The van der Waals surface area contributed by atoms with E-state index in [1.807, 2.05) is 17.7 Å². The monoisotopic (exact) mass is 336 g/mol. The number of esters is 1. The van der Waals surface area contributed by atoms with Crippen molar-refractivity contribution in [2.24, 2.45) is 0 Å². The number of hydrogen-bond acceptors (Lipinski definition) is 4. The van der Waals surface area contributed by atoms with Crippen molar-refractivity contribution in [1.82, 2.24) is 14.9 Å². The zero-order chi connectivity index (χ0) is 16.8. The highest BCUT2D eigenvalue weighted by Crippen LogP contribution is 2.23. The molecule has 0 aliphatic heterocycles. The van der Waals surface area contributed by atoms with Crippen molar-refractivity contribution >= 4 is 29.3 Å². The molecule has 0 aliphatic carbocycles. The fourth-order valence-corrected chi connectivity index (χ4v) is 2.17. The van der Waals surface area contributed by atoms with E-state index >= 15 is 0 Å². The number of urea groups is 1. The molecule has 2 amide bonds. The average Bonchev–Trinajstić information content (AvgIpc) is 3.01. The number of benzene rings is 1. The van der Waals surface area contributed by atoms with Gasteiger partial charge in [0.2, 0.25) is 0 Å². The van der Waals surface area contributed by atoms with Crippen LogP contribution < -0.4 is 10.6 Å². The number of nitrogens with one attached hydrogen (secondary N) is 2. The molecule has 8 heteroatoms. The summed E-state index contributed by atoms with van der Waals surface area (Å²) in [5.74, 6) is -0.501. The van der Waals surface area contributed by atoms with E-state index in [0.717, 1.165) is 0 Å². The van der Waals surface area contributed by atoms with Gasteiger partial charge in [0.1, 0.15) is 0 Å². The highest BCUT2D eigenvalue weighted by molar-refractivity contribution is 6.33. The normalized spacial score (nSPS) is 11.6. The Kier molecular flexibility index (Phi) is 5.59. The second kappa shape index (κ2) is 7.64. The topological polar surface area (TPSA) is 85.2 Å². The fraction of sp³-hybridized carbons (Fsp3) is 0.267. The van der Waals surface area contributed by atoms with E-state index in [-0.39, 0.29) is 6.04 Å². The molecule has 2 N–H and O–H groups in total. The number of methoxy groups -OCH3 is 1. The van der Waals surface area contributed by atoms with E-state index in [1.54, 1.807) is 12.5 Å². The summed E-state index contributed by atoms with van der Waals surface area (Å²) < 4.78 is 6.50. The Hall–Kier alpha value is -2.54. The van der Waals surface area contributed by atoms with Crippen LogP contribution in [0, 0.1) is 0 Å². The summed E-state index contributed by atoms with van der Waals surface area (Å²) in [6.45, 7) is 2.45. The SMILES string of the molecule is COC(=O)c1ccc(Cl)c(NC(=O)N[C@H](C)Cn2ccnc2)c1. The molecule has 122 valence electrons. The van der Waals surface area contributed by atoms with Crippen molar-refractivity contribution in [3.05, 3.63) is 47.5 Å². The van der Waals surface area contributed by atoms with Gasteiger partial charge < -0.3 is 19.9 Å². The van der Waals surface area contributed by atoms with Gasteiger partial charge in [-0.25, -0.2) is 14.6 Å².